The van der Waals surface area contributed by atoms with Crippen molar-refractivity contribution in [3.63, 3.8) is 0 Å². The number of nitrogens with two attached hydrogens (primary N) is 1. The molecule has 0 saturated carbocycles. The highest BCUT2D eigenvalue weighted by molar-refractivity contribution is 7.88. The van der Waals surface area contributed by atoms with Crippen molar-refractivity contribution in [1.82, 2.24) is 4.72 Å². The van der Waals surface area contributed by atoms with Crippen LogP contribution in [0, 0.1) is 0 Å². The Balaban J connectivity index is 1.97. The number of nitrogens with one attached hydrogen (secondary N) is 1. The molecule has 0 aliphatic heterocycles. The van der Waals surface area contributed by atoms with E-state index in [-0.39, 0.29) is 5.75 Å². The van der Waals surface area contributed by atoms with E-state index in [1.54, 1.807) is 24.3 Å². The van der Waals surface area contributed by atoms with Crippen molar-refractivity contribution < 1.29 is 8.42 Å². The lowest BCUT2D eigenvalue weighted by Crippen LogP contribution is -2.24. The van der Waals surface area contributed by atoms with Crippen LogP contribution in [0.15, 0.2) is 41.8 Å². The van der Waals surface area contributed by atoms with Gasteiger partial charge in [-0.25, -0.2) is 13.1 Å². The minimum Gasteiger partial charge on any atom is -0.399 e. The highest BCUT2D eigenvalue weighted by atomic mass is 32.2. The summed E-state index contributed by atoms with van der Waals surface area (Å²) in [4.78, 5) is 0.996. The second kappa shape index (κ2) is 5.51. The zero-order valence-corrected chi connectivity index (χ0v) is 11.3. The van der Waals surface area contributed by atoms with Crippen LogP contribution in [-0.4, -0.2) is 8.42 Å². The zero-order valence-electron chi connectivity index (χ0n) is 9.67. The highest BCUT2D eigenvalue weighted by Crippen LogP contribution is 2.11. The van der Waals surface area contributed by atoms with Gasteiger partial charge in [0.1, 0.15) is 0 Å². The van der Waals surface area contributed by atoms with Gasteiger partial charge in [-0.05, 0) is 29.1 Å². The molecule has 0 unspecified atom stereocenters. The summed E-state index contributed by atoms with van der Waals surface area (Å²) in [6.45, 7) is 0.342. The summed E-state index contributed by atoms with van der Waals surface area (Å²) < 4.78 is 26.3. The van der Waals surface area contributed by atoms with E-state index in [1.165, 1.54) is 11.3 Å². The van der Waals surface area contributed by atoms with Crippen LogP contribution in [0.4, 0.5) is 5.69 Å². The quantitative estimate of drug-likeness (QED) is 0.823. The molecule has 2 rings (SSSR count). The fourth-order valence-corrected chi connectivity index (χ4v) is 3.32. The average Bonchev–Trinajstić information content (AvgIpc) is 2.83. The largest absolute Gasteiger partial charge is 0.399 e. The normalized spacial score (nSPS) is 11.6. The fraction of sp³-hybridized carbons (Fsp3) is 0.167. The Hall–Kier alpha value is -1.37. The number of sulfonamides is 1. The van der Waals surface area contributed by atoms with Gasteiger partial charge >= 0.3 is 0 Å². The van der Waals surface area contributed by atoms with Crippen LogP contribution in [-0.2, 0) is 22.3 Å². The second-order valence-corrected chi connectivity index (χ2v) is 6.74. The summed E-state index contributed by atoms with van der Waals surface area (Å²) in [6.07, 6.45) is 0. The number of nitrogen functional groups attached to an aromatic ring is 1. The van der Waals surface area contributed by atoms with E-state index in [0.29, 0.717) is 12.2 Å². The molecule has 0 spiro atoms. The first-order valence-corrected chi connectivity index (χ1v) is 7.92. The number of rotatable bonds is 5. The van der Waals surface area contributed by atoms with Crippen molar-refractivity contribution in [2.75, 3.05) is 5.73 Å². The first-order valence-electron chi connectivity index (χ1n) is 5.39. The number of thiophene rings is 1. The molecule has 0 saturated heterocycles. The number of benzene rings is 1. The van der Waals surface area contributed by atoms with Gasteiger partial charge in [0.15, 0.2) is 0 Å². The zero-order chi connectivity index (χ0) is 13.0. The van der Waals surface area contributed by atoms with Crippen molar-refractivity contribution in [3.05, 3.63) is 52.2 Å². The van der Waals surface area contributed by atoms with Gasteiger partial charge < -0.3 is 5.73 Å². The van der Waals surface area contributed by atoms with Gasteiger partial charge in [-0.15, -0.1) is 11.3 Å². The predicted octanol–water partition coefficient (Wildman–Crippen LogP) is 1.95. The molecule has 0 aliphatic rings. The molecule has 18 heavy (non-hydrogen) atoms. The van der Waals surface area contributed by atoms with E-state index in [0.717, 1.165) is 10.4 Å². The third-order valence-electron chi connectivity index (χ3n) is 2.38. The lowest BCUT2D eigenvalue weighted by molar-refractivity contribution is 0.581. The minimum atomic E-state index is -3.31. The SMILES string of the molecule is Nc1ccc(CS(=O)(=O)NCc2cccs2)cc1. The Bertz CT molecular complexity index is 590. The summed E-state index contributed by atoms with van der Waals surface area (Å²) in [6, 6.07) is 10.6. The standard InChI is InChI=1S/C12H14N2O2S2/c13-11-5-3-10(4-6-11)9-18(15,16)14-8-12-2-1-7-17-12/h1-7,14H,8-9,13H2. The van der Waals surface area contributed by atoms with Crippen molar-refractivity contribution in [1.29, 1.82) is 0 Å². The third kappa shape index (κ3) is 3.83. The average molecular weight is 282 g/mol. The van der Waals surface area contributed by atoms with E-state index in [2.05, 4.69) is 4.72 Å². The van der Waals surface area contributed by atoms with Crippen LogP contribution < -0.4 is 10.5 Å². The van der Waals surface area contributed by atoms with Crippen LogP contribution in [0.2, 0.25) is 0 Å². The van der Waals surface area contributed by atoms with E-state index < -0.39 is 10.0 Å². The first-order chi connectivity index (χ1) is 8.55. The summed E-state index contributed by atoms with van der Waals surface area (Å²) in [5, 5.41) is 1.92. The van der Waals surface area contributed by atoms with Gasteiger partial charge in [-0.2, -0.15) is 0 Å². The monoisotopic (exact) mass is 282 g/mol. The maximum Gasteiger partial charge on any atom is 0.216 e. The van der Waals surface area contributed by atoms with Crippen molar-refractivity contribution in [2.24, 2.45) is 0 Å². The molecule has 1 aromatic heterocycles. The van der Waals surface area contributed by atoms with E-state index >= 15 is 0 Å². The lowest BCUT2D eigenvalue weighted by Gasteiger charge is -2.06. The van der Waals surface area contributed by atoms with E-state index in [1.807, 2.05) is 17.5 Å². The van der Waals surface area contributed by atoms with Crippen molar-refractivity contribution in [3.8, 4) is 0 Å². The Labute approximate surface area is 111 Å². The lowest BCUT2D eigenvalue weighted by atomic mass is 10.2. The molecule has 3 N–H and O–H groups in total. The summed E-state index contributed by atoms with van der Waals surface area (Å²) in [5.41, 5.74) is 6.90. The molecule has 96 valence electrons. The van der Waals surface area contributed by atoms with Crippen molar-refractivity contribution in [2.45, 2.75) is 12.3 Å². The Morgan fingerprint density at radius 1 is 1.17 bits per heavy atom. The molecule has 0 radical (unpaired) electrons. The molecule has 1 heterocycles. The Morgan fingerprint density at radius 3 is 2.50 bits per heavy atom. The molecule has 2 aromatic rings. The van der Waals surface area contributed by atoms with Crippen LogP contribution in [0.3, 0.4) is 0 Å². The third-order valence-corrected chi connectivity index (χ3v) is 4.56. The summed E-state index contributed by atoms with van der Waals surface area (Å²) in [5.74, 6) is -0.0291. The van der Waals surface area contributed by atoms with Crippen LogP contribution in [0.5, 0.6) is 0 Å². The van der Waals surface area contributed by atoms with Gasteiger partial charge in [0.2, 0.25) is 10.0 Å². The topological polar surface area (TPSA) is 72.2 Å². The summed E-state index contributed by atoms with van der Waals surface area (Å²) in [7, 11) is -3.31. The molecule has 1 aromatic carbocycles. The molecule has 6 heteroatoms. The van der Waals surface area contributed by atoms with Gasteiger partial charge in [0.05, 0.1) is 5.75 Å². The molecule has 0 bridgehead atoms. The van der Waals surface area contributed by atoms with E-state index in [9.17, 15) is 8.42 Å². The van der Waals surface area contributed by atoms with Crippen LogP contribution in [0.1, 0.15) is 10.4 Å². The number of hydrogen-bond donors (Lipinski definition) is 2. The molecular formula is C12H14N2O2S2. The first kappa shape index (κ1) is 13.1. The van der Waals surface area contributed by atoms with Crippen molar-refractivity contribution >= 4 is 27.0 Å². The molecule has 0 amide bonds. The van der Waals surface area contributed by atoms with Crippen LogP contribution in [0.25, 0.3) is 0 Å². The molecule has 4 nitrogen and oxygen atoms in total. The fourth-order valence-electron chi connectivity index (χ4n) is 1.48. The maximum atomic E-state index is 11.8. The molecule has 0 atom stereocenters. The minimum absolute atomic E-state index is 0.0291. The second-order valence-electron chi connectivity index (χ2n) is 3.90. The number of hydrogen-bond acceptors (Lipinski definition) is 4. The van der Waals surface area contributed by atoms with E-state index in [4.69, 9.17) is 5.73 Å². The highest BCUT2D eigenvalue weighted by Gasteiger charge is 2.11. The molecule has 0 fully saturated rings. The maximum absolute atomic E-state index is 11.8. The molecular weight excluding hydrogens is 268 g/mol. The number of anilines is 1. The summed E-state index contributed by atoms with van der Waals surface area (Å²) >= 11 is 1.53. The molecule has 0 aliphatic carbocycles. The Morgan fingerprint density at radius 2 is 1.89 bits per heavy atom. The smallest absolute Gasteiger partial charge is 0.216 e. The Kier molecular flexibility index (Phi) is 4.00. The van der Waals surface area contributed by atoms with Gasteiger partial charge in [0, 0.05) is 17.1 Å². The van der Waals surface area contributed by atoms with Crippen LogP contribution >= 0.6 is 11.3 Å². The predicted molar refractivity (Wildman–Crippen MR) is 74.6 cm³/mol. The van der Waals surface area contributed by atoms with Gasteiger partial charge in [-0.3, -0.25) is 0 Å². The van der Waals surface area contributed by atoms with Gasteiger partial charge in [0.25, 0.3) is 0 Å². The van der Waals surface area contributed by atoms with Gasteiger partial charge in [-0.1, -0.05) is 18.2 Å².